The van der Waals surface area contributed by atoms with E-state index in [9.17, 15) is 4.39 Å². The number of nitrogens with zero attached hydrogens (tertiary/aromatic N) is 3. The van der Waals surface area contributed by atoms with Crippen LogP contribution in [0.5, 0.6) is 0 Å². The summed E-state index contributed by atoms with van der Waals surface area (Å²) in [5.41, 5.74) is 6.43. The maximum atomic E-state index is 12.7. The van der Waals surface area contributed by atoms with E-state index in [1.807, 2.05) is 6.07 Å². The average molecular weight is 228 g/mol. The standard InChI is InChI=1S/C12H9FN4/c13-9-3-1-8(2-4-9)12-7-17(12)11(6-15)10(16)5-14/h1-4,12H,7,16H2/b11-10-. The fourth-order valence-electron chi connectivity index (χ4n) is 1.69. The van der Waals surface area contributed by atoms with Gasteiger partial charge in [-0.25, -0.2) is 4.39 Å². The van der Waals surface area contributed by atoms with Crippen LogP contribution >= 0.6 is 0 Å². The first-order valence-electron chi connectivity index (χ1n) is 4.99. The van der Waals surface area contributed by atoms with Gasteiger partial charge in [-0.2, -0.15) is 10.5 Å². The highest BCUT2D eigenvalue weighted by atomic mass is 19.1. The minimum atomic E-state index is -0.298. The Labute approximate surface area is 98.0 Å². The molecule has 0 aromatic heterocycles. The van der Waals surface area contributed by atoms with E-state index >= 15 is 0 Å². The van der Waals surface area contributed by atoms with Crippen molar-refractivity contribution in [1.29, 1.82) is 10.5 Å². The Balaban J connectivity index is 2.19. The second-order valence-electron chi connectivity index (χ2n) is 3.71. The van der Waals surface area contributed by atoms with Gasteiger partial charge in [-0.1, -0.05) is 12.1 Å². The van der Waals surface area contributed by atoms with Crippen LogP contribution in [0.1, 0.15) is 11.6 Å². The van der Waals surface area contributed by atoms with E-state index in [1.54, 1.807) is 23.1 Å². The first kappa shape index (κ1) is 11.0. The van der Waals surface area contributed by atoms with Gasteiger partial charge in [0.05, 0.1) is 6.04 Å². The SMILES string of the molecule is N#C/C(N)=C(\C#N)N1CC1c1ccc(F)cc1. The summed E-state index contributed by atoms with van der Waals surface area (Å²) in [6.45, 7) is 0.622. The van der Waals surface area contributed by atoms with Crippen molar-refractivity contribution < 1.29 is 4.39 Å². The number of allylic oxidation sites excluding steroid dienone is 2. The Morgan fingerprint density at radius 3 is 2.47 bits per heavy atom. The van der Waals surface area contributed by atoms with E-state index < -0.39 is 0 Å². The van der Waals surface area contributed by atoms with E-state index in [4.69, 9.17) is 16.3 Å². The quantitative estimate of drug-likeness (QED) is 0.613. The number of hydrogen-bond donors (Lipinski definition) is 1. The molecule has 1 fully saturated rings. The molecular formula is C12H9FN4. The lowest BCUT2D eigenvalue weighted by Crippen LogP contribution is -2.06. The molecule has 1 aromatic rings. The molecular weight excluding hydrogens is 219 g/mol. The Morgan fingerprint density at radius 1 is 1.29 bits per heavy atom. The van der Waals surface area contributed by atoms with Crippen molar-refractivity contribution in [3.05, 3.63) is 47.0 Å². The second-order valence-corrected chi connectivity index (χ2v) is 3.71. The minimum Gasteiger partial charge on any atom is -0.388 e. The molecule has 1 atom stereocenters. The van der Waals surface area contributed by atoms with Crippen LogP contribution in [-0.4, -0.2) is 11.4 Å². The summed E-state index contributed by atoms with van der Waals surface area (Å²) in [6, 6.07) is 9.74. The van der Waals surface area contributed by atoms with Crippen molar-refractivity contribution in [3.63, 3.8) is 0 Å². The molecule has 0 aliphatic carbocycles. The summed E-state index contributed by atoms with van der Waals surface area (Å²) >= 11 is 0. The molecule has 0 spiro atoms. The molecule has 0 amide bonds. The molecule has 5 heteroatoms. The topological polar surface area (TPSA) is 76.6 Å². The van der Waals surface area contributed by atoms with E-state index in [2.05, 4.69) is 0 Å². The van der Waals surface area contributed by atoms with Crippen molar-refractivity contribution in [2.24, 2.45) is 5.73 Å². The van der Waals surface area contributed by atoms with Gasteiger partial charge >= 0.3 is 0 Å². The molecule has 1 heterocycles. The third-order valence-corrected chi connectivity index (χ3v) is 2.64. The second kappa shape index (κ2) is 4.15. The average Bonchev–Trinajstić information content (AvgIpc) is 3.11. The van der Waals surface area contributed by atoms with Crippen molar-refractivity contribution in [3.8, 4) is 12.1 Å². The van der Waals surface area contributed by atoms with Crippen LogP contribution in [0.15, 0.2) is 35.7 Å². The molecule has 1 unspecified atom stereocenters. The molecule has 1 aliphatic rings. The van der Waals surface area contributed by atoms with E-state index in [1.165, 1.54) is 12.1 Å². The predicted molar refractivity (Wildman–Crippen MR) is 58.3 cm³/mol. The lowest BCUT2D eigenvalue weighted by atomic mass is 10.1. The Hall–Kier alpha value is -2.53. The molecule has 4 nitrogen and oxygen atoms in total. The molecule has 1 saturated heterocycles. The molecule has 84 valence electrons. The maximum Gasteiger partial charge on any atom is 0.151 e. The van der Waals surface area contributed by atoms with Gasteiger partial charge in [0.1, 0.15) is 23.7 Å². The summed E-state index contributed by atoms with van der Waals surface area (Å²) in [5.74, 6) is -0.298. The fourth-order valence-corrected chi connectivity index (χ4v) is 1.69. The first-order valence-corrected chi connectivity index (χ1v) is 4.99. The largest absolute Gasteiger partial charge is 0.388 e. The van der Waals surface area contributed by atoms with E-state index in [0.29, 0.717) is 6.54 Å². The van der Waals surface area contributed by atoms with Crippen LogP contribution in [0.4, 0.5) is 4.39 Å². The van der Waals surface area contributed by atoms with E-state index in [-0.39, 0.29) is 23.3 Å². The Morgan fingerprint density at radius 2 is 1.94 bits per heavy atom. The van der Waals surface area contributed by atoms with Crippen molar-refractivity contribution in [1.82, 2.24) is 4.90 Å². The van der Waals surface area contributed by atoms with Gasteiger partial charge in [-0.3, -0.25) is 0 Å². The number of nitrogens with two attached hydrogens (primary N) is 1. The highest BCUT2D eigenvalue weighted by Gasteiger charge is 2.38. The fraction of sp³-hybridized carbons (Fsp3) is 0.167. The van der Waals surface area contributed by atoms with Crippen molar-refractivity contribution >= 4 is 0 Å². The van der Waals surface area contributed by atoms with Gasteiger partial charge in [0, 0.05) is 6.54 Å². The van der Waals surface area contributed by atoms with Gasteiger partial charge in [-0.15, -0.1) is 0 Å². The normalized spacial score (nSPS) is 19.0. The molecule has 1 aliphatic heterocycles. The first-order chi connectivity index (χ1) is 8.17. The lowest BCUT2D eigenvalue weighted by Gasteiger charge is -2.04. The van der Waals surface area contributed by atoms with Gasteiger partial charge in [0.15, 0.2) is 5.70 Å². The zero-order valence-corrected chi connectivity index (χ0v) is 8.89. The van der Waals surface area contributed by atoms with Crippen LogP contribution < -0.4 is 5.73 Å². The van der Waals surface area contributed by atoms with Crippen LogP contribution in [0, 0.1) is 28.5 Å². The minimum absolute atomic E-state index is 0.0112. The Bertz CT molecular complexity index is 547. The number of hydrogen-bond acceptors (Lipinski definition) is 4. The van der Waals surface area contributed by atoms with Gasteiger partial charge < -0.3 is 10.6 Å². The maximum absolute atomic E-state index is 12.7. The van der Waals surface area contributed by atoms with Crippen LogP contribution in [0.3, 0.4) is 0 Å². The number of halogens is 1. The molecule has 2 rings (SSSR count). The zero-order chi connectivity index (χ0) is 12.4. The highest BCUT2D eigenvalue weighted by Crippen LogP contribution is 2.38. The third kappa shape index (κ3) is 2.04. The van der Waals surface area contributed by atoms with Gasteiger partial charge in [0.2, 0.25) is 0 Å². The zero-order valence-electron chi connectivity index (χ0n) is 8.89. The molecule has 2 N–H and O–H groups in total. The van der Waals surface area contributed by atoms with Crippen LogP contribution in [0.2, 0.25) is 0 Å². The summed E-state index contributed by atoms with van der Waals surface area (Å²) in [4.78, 5) is 1.71. The number of rotatable bonds is 2. The third-order valence-electron chi connectivity index (χ3n) is 2.64. The van der Waals surface area contributed by atoms with Gasteiger partial charge in [-0.05, 0) is 17.7 Å². The van der Waals surface area contributed by atoms with Crippen molar-refractivity contribution in [2.75, 3.05) is 6.54 Å². The molecule has 0 saturated carbocycles. The summed E-state index contributed by atoms with van der Waals surface area (Å²) in [7, 11) is 0. The highest BCUT2D eigenvalue weighted by molar-refractivity contribution is 5.39. The molecule has 17 heavy (non-hydrogen) atoms. The van der Waals surface area contributed by atoms with Crippen LogP contribution in [0.25, 0.3) is 0 Å². The van der Waals surface area contributed by atoms with Crippen molar-refractivity contribution in [2.45, 2.75) is 6.04 Å². The van der Waals surface area contributed by atoms with Gasteiger partial charge in [0.25, 0.3) is 0 Å². The lowest BCUT2D eigenvalue weighted by molar-refractivity contribution is 0.623. The summed E-state index contributed by atoms with van der Waals surface area (Å²) in [6.07, 6.45) is 0. The predicted octanol–water partition coefficient (Wildman–Crippen LogP) is 1.40. The van der Waals surface area contributed by atoms with E-state index in [0.717, 1.165) is 5.56 Å². The molecule has 1 aromatic carbocycles. The molecule has 0 radical (unpaired) electrons. The van der Waals surface area contributed by atoms with Crippen LogP contribution in [-0.2, 0) is 0 Å². The smallest absolute Gasteiger partial charge is 0.151 e. The molecule has 0 bridgehead atoms. The Kier molecular flexibility index (Phi) is 2.68. The summed E-state index contributed by atoms with van der Waals surface area (Å²) in [5, 5.41) is 17.6. The number of nitriles is 2. The monoisotopic (exact) mass is 228 g/mol. The number of benzene rings is 1. The summed E-state index contributed by atoms with van der Waals surface area (Å²) < 4.78 is 12.7.